The van der Waals surface area contributed by atoms with Crippen LogP contribution in [0.3, 0.4) is 0 Å². The number of benzene rings is 1. The Balaban J connectivity index is 1.84. The molecular formula is C14H20S2. The Bertz CT molecular complexity index is 335. The van der Waals surface area contributed by atoms with Gasteiger partial charge in [0.2, 0.25) is 0 Å². The Morgan fingerprint density at radius 2 is 2.25 bits per heavy atom. The maximum Gasteiger partial charge on any atom is 0.0108 e. The van der Waals surface area contributed by atoms with Crippen LogP contribution < -0.4 is 0 Å². The molecular weight excluding hydrogens is 232 g/mol. The fraction of sp³-hybridized carbons (Fsp3) is 0.571. The second-order valence-electron chi connectivity index (χ2n) is 4.60. The second kappa shape index (κ2) is 6.02. The van der Waals surface area contributed by atoms with Gasteiger partial charge in [-0.3, -0.25) is 0 Å². The number of rotatable bonds is 5. The monoisotopic (exact) mass is 252 g/mol. The molecule has 2 heteroatoms. The molecule has 0 nitrogen and oxygen atoms in total. The molecule has 1 aliphatic heterocycles. The molecule has 2 rings (SSSR count). The molecule has 0 aliphatic carbocycles. The van der Waals surface area contributed by atoms with Gasteiger partial charge in [0.05, 0.1) is 0 Å². The Labute approximate surface area is 108 Å². The SMILES string of the molecule is CCC(C)CSCC1CSc2ccccc21. The van der Waals surface area contributed by atoms with E-state index in [0.29, 0.717) is 0 Å². The molecule has 0 aromatic heterocycles. The van der Waals surface area contributed by atoms with Gasteiger partial charge >= 0.3 is 0 Å². The summed E-state index contributed by atoms with van der Waals surface area (Å²) in [6, 6.07) is 8.90. The van der Waals surface area contributed by atoms with Gasteiger partial charge in [0.1, 0.15) is 0 Å². The highest BCUT2D eigenvalue weighted by Gasteiger charge is 2.22. The highest BCUT2D eigenvalue weighted by molar-refractivity contribution is 8.00. The molecule has 0 bridgehead atoms. The van der Waals surface area contributed by atoms with Crippen LogP contribution in [0.4, 0.5) is 0 Å². The normalized spacial score (nSPS) is 20.8. The van der Waals surface area contributed by atoms with Crippen LogP contribution in [0.15, 0.2) is 29.2 Å². The summed E-state index contributed by atoms with van der Waals surface area (Å²) in [4.78, 5) is 1.51. The van der Waals surface area contributed by atoms with Gasteiger partial charge < -0.3 is 0 Å². The van der Waals surface area contributed by atoms with Crippen LogP contribution in [0.5, 0.6) is 0 Å². The Morgan fingerprint density at radius 3 is 3.06 bits per heavy atom. The van der Waals surface area contributed by atoms with Crippen LogP contribution in [0, 0.1) is 5.92 Å². The largest absolute Gasteiger partial charge is 0.161 e. The van der Waals surface area contributed by atoms with Crippen molar-refractivity contribution in [3.8, 4) is 0 Å². The number of fused-ring (bicyclic) bond motifs is 1. The summed E-state index contributed by atoms with van der Waals surface area (Å²) >= 11 is 4.16. The summed E-state index contributed by atoms with van der Waals surface area (Å²) in [7, 11) is 0. The average Bonchev–Trinajstić information content (AvgIpc) is 2.73. The van der Waals surface area contributed by atoms with Gasteiger partial charge in [-0.1, -0.05) is 38.5 Å². The van der Waals surface area contributed by atoms with E-state index in [9.17, 15) is 0 Å². The van der Waals surface area contributed by atoms with Crippen molar-refractivity contribution in [2.75, 3.05) is 17.3 Å². The van der Waals surface area contributed by atoms with Crippen molar-refractivity contribution in [3.63, 3.8) is 0 Å². The fourth-order valence-corrected chi connectivity index (χ4v) is 4.66. The summed E-state index contributed by atoms with van der Waals surface area (Å²) in [6.45, 7) is 4.64. The maximum absolute atomic E-state index is 2.35. The van der Waals surface area contributed by atoms with Crippen LogP contribution in [0.1, 0.15) is 31.7 Å². The topological polar surface area (TPSA) is 0 Å². The van der Waals surface area contributed by atoms with Gasteiger partial charge in [-0.15, -0.1) is 11.8 Å². The lowest BCUT2D eigenvalue weighted by Gasteiger charge is -2.12. The first-order valence-electron chi connectivity index (χ1n) is 6.10. The molecule has 0 N–H and O–H groups in total. The number of hydrogen-bond acceptors (Lipinski definition) is 2. The highest BCUT2D eigenvalue weighted by atomic mass is 32.2. The van der Waals surface area contributed by atoms with Crippen molar-refractivity contribution in [2.24, 2.45) is 5.92 Å². The first-order chi connectivity index (χ1) is 7.81. The maximum atomic E-state index is 2.35. The van der Waals surface area contributed by atoms with E-state index in [2.05, 4.69) is 49.9 Å². The Hall–Kier alpha value is -0.0800. The minimum absolute atomic E-state index is 0.787. The molecule has 2 atom stereocenters. The van der Waals surface area contributed by atoms with Crippen molar-refractivity contribution in [3.05, 3.63) is 29.8 Å². The number of hydrogen-bond donors (Lipinski definition) is 0. The van der Waals surface area contributed by atoms with Crippen molar-refractivity contribution in [1.82, 2.24) is 0 Å². The van der Waals surface area contributed by atoms with Gasteiger partial charge in [-0.05, 0) is 23.3 Å². The molecule has 0 fully saturated rings. The molecule has 1 aliphatic rings. The molecule has 2 unspecified atom stereocenters. The lowest BCUT2D eigenvalue weighted by Crippen LogP contribution is -2.03. The summed E-state index contributed by atoms with van der Waals surface area (Å²) in [5.74, 6) is 5.56. The molecule has 0 saturated heterocycles. The van der Waals surface area contributed by atoms with Crippen molar-refractivity contribution < 1.29 is 0 Å². The second-order valence-corrected chi connectivity index (χ2v) is 6.73. The summed E-state index contributed by atoms with van der Waals surface area (Å²) in [6.07, 6.45) is 1.31. The van der Waals surface area contributed by atoms with E-state index >= 15 is 0 Å². The zero-order valence-corrected chi connectivity index (χ0v) is 11.7. The summed E-state index contributed by atoms with van der Waals surface area (Å²) in [5.41, 5.74) is 1.59. The van der Waals surface area contributed by atoms with Crippen LogP contribution in [-0.2, 0) is 0 Å². The quantitative estimate of drug-likeness (QED) is 0.748. The molecule has 16 heavy (non-hydrogen) atoms. The first-order valence-corrected chi connectivity index (χ1v) is 8.24. The summed E-state index contributed by atoms with van der Waals surface area (Å²) in [5, 5.41) is 0. The molecule has 0 radical (unpaired) electrons. The molecule has 0 saturated carbocycles. The van der Waals surface area contributed by atoms with Gasteiger partial charge in [-0.25, -0.2) is 0 Å². The Morgan fingerprint density at radius 1 is 1.44 bits per heavy atom. The fourth-order valence-electron chi connectivity index (χ4n) is 1.90. The van der Waals surface area contributed by atoms with Gasteiger partial charge in [-0.2, -0.15) is 11.8 Å². The van der Waals surface area contributed by atoms with Crippen molar-refractivity contribution >= 4 is 23.5 Å². The van der Waals surface area contributed by atoms with Crippen molar-refractivity contribution in [2.45, 2.75) is 31.1 Å². The lowest BCUT2D eigenvalue weighted by molar-refractivity contribution is 0.636. The van der Waals surface area contributed by atoms with Crippen LogP contribution in [0.25, 0.3) is 0 Å². The standard InChI is InChI=1S/C14H20S2/c1-3-11(2)8-15-9-12-10-16-14-7-5-4-6-13(12)14/h4-7,11-12H,3,8-10H2,1-2H3. The molecule has 1 aromatic carbocycles. The zero-order chi connectivity index (χ0) is 11.4. The molecule has 1 aromatic rings. The Kier molecular flexibility index (Phi) is 4.66. The minimum Gasteiger partial charge on any atom is -0.161 e. The number of thioether (sulfide) groups is 2. The molecule has 1 heterocycles. The lowest BCUT2D eigenvalue weighted by atomic mass is 10.0. The highest BCUT2D eigenvalue weighted by Crippen LogP contribution is 2.40. The van der Waals surface area contributed by atoms with E-state index < -0.39 is 0 Å². The molecule has 0 spiro atoms. The summed E-state index contributed by atoms with van der Waals surface area (Å²) < 4.78 is 0. The smallest absolute Gasteiger partial charge is 0.0108 e. The van der Waals surface area contributed by atoms with E-state index in [-0.39, 0.29) is 0 Å². The first kappa shape index (κ1) is 12.4. The molecule has 0 amide bonds. The van der Waals surface area contributed by atoms with Crippen LogP contribution in [0.2, 0.25) is 0 Å². The van der Waals surface area contributed by atoms with E-state index in [1.54, 1.807) is 5.56 Å². The predicted octanol–water partition coefficient (Wildman–Crippen LogP) is 4.66. The predicted molar refractivity (Wildman–Crippen MR) is 76.7 cm³/mol. The third-order valence-electron chi connectivity index (χ3n) is 3.22. The van der Waals surface area contributed by atoms with Crippen LogP contribution >= 0.6 is 23.5 Å². The third-order valence-corrected chi connectivity index (χ3v) is 5.91. The van der Waals surface area contributed by atoms with E-state index in [1.807, 2.05) is 11.8 Å². The van der Waals surface area contributed by atoms with E-state index in [0.717, 1.165) is 11.8 Å². The third kappa shape index (κ3) is 2.98. The van der Waals surface area contributed by atoms with E-state index in [4.69, 9.17) is 0 Å². The van der Waals surface area contributed by atoms with Gasteiger partial charge in [0.15, 0.2) is 0 Å². The minimum atomic E-state index is 0.787. The van der Waals surface area contributed by atoms with Crippen molar-refractivity contribution in [1.29, 1.82) is 0 Å². The van der Waals surface area contributed by atoms with Crippen LogP contribution in [-0.4, -0.2) is 17.3 Å². The van der Waals surface area contributed by atoms with Gasteiger partial charge in [0.25, 0.3) is 0 Å². The van der Waals surface area contributed by atoms with Gasteiger partial charge in [0, 0.05) is 22.3 Å². The van der Waals surface area contributed by atoms with E-state index in [1.165, 1.54) is 28.6 Å². The zero-order valence-electron chi connectivity index (χ0n) is 10.1. The molecule has 88 valence electrons. The average molecular weight is 252 g/mol.